The summed E-state index contributed by atoms with van der Waals surface area (Å²) in [6.07, 6.45) is 4.50. The third kappa shape index (κ3) is 2.54. The smallest absolute Gasteiger partial charge is 0.254 e. The van der Waals surface area contributed by atoms with Gasteiger partial charge in [-0.1, -0.05) is 12.8 Å². The zero-order valence-electron chi connectivity index (χ0n) is 7.54. The summed E-state index contributed by atoms with van der Waals surface area (Å²) < 4.78 is 18.2. The molecule has 14 heavy (non-hydrogen) atoms. The molecule has 0 aliphatic heterocycles. The van der Waals surface area contributed by atoms with Crippen LogP contribution in [0.1, 0.15) is 19.3 Å². The second kappa shape index (κ2) is 4.09. The molecule has 0 saturated heterocycles. The van der Waals surface area contributed by atoms with E-state index in [4.69, 9.17) is 16.3 Å². The zero-order chi connectivity index (χ0) is 9.97. The van der Waals surface area contributed by atoms with Gasteiger partial charge in [-0.2, -0.15) is 9.37 Å². The lowest BCUT2D eigenvalue weighted by Crippen LogP contribution is -2.02. The van der Waals surface area contributed by atoms with Crippen LogP contribution in [0.4, 0.5) is 4.39 Å². The first-order chi connectivity index (χ1) is 6.75. The Morgan fingerprint density at radius 1 is 1.57 bits per heavy atom. The number of halogens is 2. The van der Waals surface area contributed by atoms with Crippen molar-refractivity contribution in [3.63, 3.8) is 0 Å². The average molecular weight is 217 g/mol. The predicted molar refractivity (Wildman–Crippen MR) is 49.8 cm³/mol. The van der Waals surface area contributed by atoms with E-state index < -0.39 is 5.82 Å². The molecule has 1 aliphatic carbocycles. The highest BCUT2D eigenvalue weighted by molar-refractivity contribution is 6.28. The molecule has 2 rings (SSSR count). The van der Waals surface area contributed by atoms with E-state index in [1.807, 2.05) is 0 Å². The minimum absolute atomic E-state index is 0.00724. The SMILES string of the molecule is Fc1cnc(Cl)nc1OCCC1CC1. The number of nitrogens with zero attached hydrogens (tertiary/aromatic N) is 2. The Hall–Kier alpha value is -0.900. The minimum Gasteiger partial charge on any atom is -0.475 e. The van der Waals surface area contributed by atoms with Gasteiger partial charge in [-0.05, 0) is 23.9 Å². The molecule has 0 amide bonds. The van der Waals surface area contributed by atoms with Gasteiger partial charge in [-0.25, -0.2) is 4.98 Å². The van der Waals surface area contributed by atoms with Crippen molar-refractivity contribution in [3.8, 4) is 5.88 Å². The molecule has 1 fully saturated rings. The summed E-state index contributed by atoms with van der Waals surface area (Å²) in [7, 11) is 0. The topological polar surface area (TPSA) is 35.0 Å². The maximum Gasteiger partial charge on any atom is 0.254 e. The molecule has 5 heteroatoms. The largest absolute Gasteiger partial charge is 0.475 e. The molecule has 1 aliphatic rings. The molecule has 0 bridgehead atoms. The van der Waals surface area contributed by atoms with Crippen molar-refractivity contribution in [2.45, 2.75) is 19.3 Å². The van der Waals surface area contributed by atoms with Gasteiger partial charge in [0.1, 0.15) is 0 Å². The lowest BCUT2D eigenvalue weighted by molar-refractivity contribution is 0.275. The summed E-state index contributed by atoms with van der Waals surface area (Å²) in [4.78, 5) is 7.14. The van der Waals surface area contributed by atoms with Gasteiger partial charge in [-0.3, -0.25) is 0 Å². The van der Waals surface area contributed by atoms with Crippen LogP contribution in [0.2, 0.25) is 5.28 Å². The van der Waals surface area contributed by atoms with Crippen LogP contribution in [0.15, 0.2) is 6.20 Å². The highest BCUT2D eigenvalue weighted by Crippen LogP contribution is 2.32. The van der Waals surface area contributed by atoms with E-state index in [0.717, 1.165) is 18.5 Å². The number of hydrogen-bond acceptors (Lipinski definition) is 3. The Morgan fingerprint density at radius 3 is 3.07 bits per heavy atom. The Kier molecular flexibility index (Phi) is 2.82. The van der Waals surface area contributed by atoms with E-state index >= 15 is 0 Å². The van der Waals surface area contributed by atoms with Crippen LogP contribution < -0.4 is 4.74 Å². The molecule has 0 radical (unpaired) electrons. The van der Waals surface area contributed by atoms with Crippen LogP contribution >= 0.6 is 11.6 Å². The van der Waals surface area contributed by atoms with Gasteiger partial charge in [0.05, 0.1) is 12.8 Å². The molecule has 1 saturated carbocycles. The third-order valence-electron chi connectivity index (χ3n) is 2.14. The zero-order valence-corrected chi connectivity index (χ0v) is 8.30. The number of hydrogen-bond donors (Lipinski definition) is 0. The Bertz CT molecular complexity index is 331. The molecule has 1 aromatic heterocycles. The second-order valence-electron chi connectivity index (χ2n) is 3.37. The number of aromatic nitrogens is 2. The van der Waals surface area contributed by atoms with Crippen LogP contribution in [0.25, 0.3) is 0 Å². The van der Waals surface area contributed by atoms with Gasteiger partial charge in [0.15, 0.2) is 0 Å². The van der Waals surface area contributed by atoms with E-state index in [0.29, 0.717) is 6.61 Å². The van der Waals surface area contributed by atoms with Gasteiger partial charge in [0.25, 0.3) is 5.88 Å². The normalized spacial score (nSPS) is 15.6. The summed E-state index contributed by atoms with van der Waals surface area (Å²) in [5, 5.41) is 0.00724. The van der Waals surface area contributed by atoms with Crippen LogP contribution in [0, 0.1) is 11.7 Å². The first kappa shape index (κ1) is 9.65. The molecule has 0 N–H and O–H groups in total. The van der Waals surface area contributed by atoms with Crippen molar-refractivity contribution in [1.82, 2.24) is 9.97 Å². The molecule has 0 unspecified atom stereocenters. The third-order valence-corrected chi connectivity index (χ3v) is 2.33. The maximum absolute atomic E-state index is 13.0. The van der Waals surface area contributed by atoms with E-state index in [9.17, 15) is 4.39 Å². The summed E-state index contributed by atoms with van der Waals surface area (Å²) in [5.41, 5.74) is 0. The monoisotopic (exact) mass is 216 g/mol. The number of rotatable bonds is 4. The first-order valence-electron chi connectivity index (χ1n) is 4.56. The maximum atomic E-state index is 13.0. The highest BCUT2D eigenvalue weighted by atomic mass is 35.5. The van der Waals surface area contributed by atoms with E-state index in [1.165, 1.54) is 12.8 Å². The van der Waals surface area contributed by atoms with Gasteiger partial charge < -0.3 is 4.74 Å². The lowest BCUT2D eigenvalue weighted by Gasteiger charge is -2.04. The lowest BCUT2D eigenvalue weighted by atomic mass is 10.3. The molecule has 1 heterocycles. The van der Waals surface area contributed by atoms with Crippen molar-refractivity contribution in [3.05, 3.63) is 17.3 Å². The molecule has 0 aromatic carbocycles. The summed E-state index contributed by atoms with van der Waals surface area (Å²) >= 11 is 5.50. The molecular weight excluding hydrogens is 207 g/mol. The Morgan fingerprint density at radius 2 is 2.36 bits per heavy atom. The molecule has 0 atom stereocenters. The predicted octanol–water partition coefficient (Wildman–Crippen LogP) is 2.45. The van der Waals surface area contributed by atoms with Gasteiger partial charge in [-0.15, -0.1) is 0 Å². The van der Waals surface area contributed by atoms with Crippen molar-refractivity contribution < 1.29 is 9.13 Å². The first-order valence-corrected chi connectivity index (χ1v) is 4.94. The molecule has 0 spiro atoms. The standard InChI is InChI=1S/C9H10ClFN2O/c10-9-12-5-7(11)8(13-9)14-4-3-6-1-2-6/h5-6H,1-4H2. The quantitative estimate of drug-likeness (QED) is 0.726. The van der Waals surface area contributed by atoms with Crippen molar-refractivity contribution in [2.75, 3.05) is 6.61 Å². The van der Waals surface area contributed by atoms with E-state index in [-0.39, 0.29) is 11.2 Å². The van der Waals surface area contributed by atoms with Gasteiger partial charge in [0, 0.05) is 0 Å². The molecule has 76 valence electrons. The van der Waals surface area contributed by atoms with Crippen LogP contribution in [0.5, 0.6) is 5.88 Å². The molecular formula is C9H10ClFN2O. The van der Waals surface area contributed by atoms with Crippen LogP contribution in [-0.4, -0.2) is 16.6 Å². The fourth-order valence-electron chi connectivity index (χ4n) is 1.16. The van der Waals surface area contributed by atoms with Gasteiger partial charge in [0.2, 0.25) is 11.1 Å². The van der Waals surface area contributed by atoms with Crippen LogP contribution in [-0.2, 0) is 0 Å². The second-order valence-corrected chi connectivity index (χ2v) is 3.71. The summed E-state index contributed by atoms with van der Waals surface area (Å²) in [5.74, 6) is 0.145. The number of ether oxygens (including phenoxy) is 1. The van der Waals surface area contributed by atoms with Gasteiger partial charge >= 0.3 is 0 Å². The summed E-state index contributed by atoms with van der Waals surface area (Å²) in [6, 6.07) is 0. The Balaban J connectivity index is 1.89. The van der Waals surface area contributed by atoms with Crippen molar-refractivity contribution in [1.29, 1.82) is 0 Å². The van der Waals surface area contributed by atoms with Crippen molar-refractivity contribution >= 4 is 11.6 Å². The van der Waals surface area contributed by atoms with E-state index in [1.54, 1.807) is 0 Å². The molecule has 1 aromatic rings. The van der Waals surface area contributed by atoms with Crippen molar-refractivity contribution in [2.24, 2.45) is 5.92 Å². The van der Waals surface area contributed by atoms with Crippen LogP contribution in [0.3, 0.4) is 0 Å². The highest BCUT2D eigenvalue weighted by Gasteiger charge is 2.21. The average Bonchev–Trinajstić information content (AvgIpc) is 2.95. The van der Waals surface area contributed by atoms with E-state index in [2.05, 4.69) is 9.97 Å². The fraction of sp³-hybridized carbons (Fsp3) is 0.556. The summed E-state index contributed by atoms with van der Waals surface area (Å²) in [6.45, 7) is 0.495. The Labute approximate surface area is 86.3 Å². The fourth-order valence-corrected chi connectivity index (χ4v) is 1.29. The minimum atomic E-state index is -0.565. The molecule has 3 nitrogen and oxygen atoms in total.